The summed E-state index contributed by atoms with van der Waals surface area (Å²) in [7, 11) is -3.69. The highest BCUT2D eigenvalue weighted by molar-refractivity contribution is 7.89. The van der Waals surface area contributed by atoms with Gasteiger partial charge >= 0.3 is 6.61 Å². The number of nitrogens with zero attached hydrogens (tertiary/aromatic N) is 1. The summed E-state index contributed by atoms with van der Waals surface area (Å²) in [5.74, 6) is 0.599. The Morgan fingerprint density at radius 3 is 2.67 bits per heavy atom. The zero-order valence-electron chi connectivity index (χ0n) is 12.6. The molecule has 5 nitrogen and oxygen atoms in total. The van der Waals surface area contributed by atoms with Gasteiger partial charge in [0.2, 0.25) is 10.0 Å². The normalized spacial score (nSPS) is 24.5. The minimum absolute atomic E-state index is 0. The van der Waals surface area contributed by atoms with Crippen molar-refractivity contribution >= 4 is 34.0 Å². The number of piperidine rings is 1. The SMILES string of the molecule is Cl.O=S(=O)(c1ccc(OC(F)F)c(Cl)c1)N1CCC2CNCC2C1. The van der Waals surface area contributed by atoms with Crippen LogP contribution in [0.25, 0.3) is 0 Å². The number of rotatable bonds is 4. The maximum Gasteiger partial charge on any atom is 0.387 e. The first-order valence-corrected chi connectivity index (χ1v) is 9.15. The average molecular weight is 403 g/mol. The molecule has 0 radical (unpaired) electrons. The second-order valence-electron chi connectivity index (χ2n) is 5.80. The summed E-state index contributed by atoms with van der Waals surface area (Å²) < 4.78 is 55.6. The molecule has 2 aliphatic rings. The Hall–Kier alpha value is -0.670. The molecule has 3 rings (SSSR count). The Labute approximate surface area is 150 Å². The molecule has 2 saturated heterocycles. The van der Waals surface area contributed by atoms with E-state index in [9.17, 15) is 17.2 Å². The van der Waals surface area contributed by atoms with Gasteiger partial charge in [-0.2, -0.15) is 13.1 Å². The van der Waals surface area contributed by atoms with E-state index in [0.29, 0.717) is 24.9 Å². The van der Waals surface area contributed by atoms with Crippen LogP contribution < -0.4 is 10.1 Å². The van der Waals surface area contributed by atoms with Gasteiger partial charge in [-0.1, -0.05) is 11.6 Å². The molecule has 0 bridgehead atoms. The van der Waals surface area contributed by atoms with Gasteiger partial charge in [0.05, 0.1) is 9.92 Å². The Bertz CT molecular complexity index is 691. The van der Waals surface area contributed by atoms with Gasteiger partial charge in [-0.15, -0.1) is 12.4 Å². The number of nitrogens with one attached hydrogen (secondary N) is 1. The van der Waals surface area contributed by atoms with E-state index in [0.717, 1.165) is 31.6 Å². The zero-order valence-corrected chi connectivity index (χ0v) is 15.0. The number of halogens is 4. The minimum atomic E-state index is -3.69. The second kappa shape index (κ2) is 7.70. The molecule has 136 valence electrons. The third-order valence-corrected chi connectivity index (χ3v) is 6.58. The van der Waals surface area contributed by atoms with Gasteiger partial charge < -0.3 is 10.1 Å². The van der Waals surface area contributed by atoms with Crippen LogP contribution in [0, 0.1) is 11.8 Å². The lowest BCUT2D eigenvalue weighted by molar-refractivity contribution is -0.0498. The van der Waals surface area contributed by atoms with Crippen LogP contribution in [0.5, 0.6) is 5.75 Å². The van der Waals surface area contributed by atoms with E-state index in [1.165, 1.54) is 10.4 Å². The van der Waals surface area contributed by atoms with Gasteiger partial charge in [0.1, 0.15) is 5.75 Å². The molecule has 10 heteroatoms. The zero-order chi connectivity index (χ0) is 16.6. The predicted molar refractivity (Wildman–Crippen MR) is 88.6 cm³/mol. The standard InChI is InChI=1S/C14H17ClF2N2O3S.ClH/c15-12-5-11(1-2-13(12)22-14(16)17)23(20,21)19-4-3-9-6-18-7-10(9)8-19;/h1-2,5,9-10,14,18H,3-4,6-8H2;1H. The van der Waals surface area contributed by atoms with Crippen LogP contribution in [-0.2, 0) is 10.0 Å². The van der Waals surface area contributed by atoms with Crippen LogP contribution in [0.15, 0.2) is 23.1 Å². The summed E-state index contributed by atoms with van der Waals surface area (Å²) >= 11 is 5.86. The van der Waals surface area contributed by atoms with Crippen molar-refractivity contribution in [3.8, 4) is 5.75 Å². The smallest absolute Gasteiger partial charge is 0.387 e. The molecule has 0 saturated carbocycles. The van der Waals surface area contributed by atoms with Crippen molar-refractivity contribution in [3.63, 3.8) is 0 Å². The van der Waals surface area contributed by atoms with Crippen LogP contribution in [0.3, 0.4) is 0 Å². The molecule has 2 heterocycles. The van der Waals surface area contributed by atoms with E-state index in [-0.39, 0.29) is 28.1 Å². The fourth-order valence-electron chi connectivity index (χ4n) is 3.20. The molecule has 1 N–H and O–H groups in total. The van der Waals surface area contributed by atoms with Gasteiger partial charge in [0, 0.05) is 13.1 Å². The van der Waals surface area contributed by atoms with E-state index in [4.69, 9.17) is 11.6 Å². The summed E-state index contributed by atoms with van der Waals surface area (Å²) in [6.45, 7) is -0.336. The number of hydrogen-bond acceptors (Lipinski definition) is 4. The summed E-state index contributed by atoms with van der Waals surface area (Å²) in [5, 5.41) is 3.13. The third-order valence-electron chi connectivity index (χ3n) is 4.42. The van der Waals surface area contributed by atoms with Gasteiger partial charge in [0.15, 0.2) is 0 Å². The van der Waals surface area contributed by atoms with Crippen molar-refractivity contribution < 1.29 is 21.9 Å². The average Bonchev–Trinajstić information content (AvgIpc) is 2.96. The van der Waals surface area contributed by atoms with E-state index >= 15 is 0 Å². The first-order valence-electron chi connectivity index (χ1n) is 7.33. The molecule has 0 amide bonds. The highest BCUT2D eigenvalue weighted by Crippen LogP contribution is 2.33. The lowest BCUT2D eigenvalue weighted by Crippen LogP contribution is -2.43. The van der Waals surface area contributed by atoms with Crippen LogP contribution >= 0.6 is 24.0 Å². The molecule has 24 heavy (non-hydrogen) atoms. The van der Waals surface area contributed by atoms with E-state index in [2.05, 4.69) is 10.1 Å². The van der Waals surface area contributed by atoms with Gasteiger partial charge in [0.25, 0.3) is 0 Å². The lowest BCUT2D eigenvalue weighted by Gasteiger charge is -2.33. The van der Waals surface area contributed by atoms with E-state index < -0.39 is 16.6 Å². The highest BCUT2D eigenvalue weighted by Gasteiger charge is 2.37. The third kappa shape index (κ3) is 3.94. The number of hydrogen-bond donors (Lipinski definition) is 1. The topological polar surface area (TPSA) is 58.6 Å². The van der Waals surface area contributed by atoms with Gasteiger partial charge in [-0.25, -0.2) is 8.42 Å². The van der Waals surface area contributed by atoms with Crippen molar-refractivity contribution in [2.75, 3.05) is 26.2 Å². The summed E-state index contributed by atoms with van der Waals surface area (Å²) in [6, 6.07) is 3.57. The van der Waals surface area contributed by atoms with Crippen molar-refractivity contribution in [1.82, 2.24) is 9.62 Å². The van der Waals surface area contributed by atoms with Crippen LogP contribution in [-0.4, -0.2) is 45.5 Å². The number of benzene rings is 1. The van der Waals surface area contributed by atoms with Crippen molar-refractivity contribution in [2.24, 2.45) is 11.8 Å². The second-order valence-corrected chi connectivity index (χ2v) is 8.15. The minimum Gasteiger partial charge on any atom is -0.433 e. The van der Waals surface area contributed by atoms with Gasteiger partial charge in [-0.3, -0.25) is 0 Å². The Morgan fingerprint density at radius 1 is 1.29 bits per heavy atom. The van der Waals surface area contributed by atoms with Crippen molar-refractivity contribution in [1.29, 1.82) is 0 Å². The molecule has 2 atom stereocenters. The summed E-state index contributed by atoms with van der Waals surface area (Å²) in [4.78, 5) is -0.00600. The van der Waals surface area contributed by atoms with Crippen LogP contribution in [0.4, 0.5) is 8.78 Å². The predicted octanol–water partition coefficient (Wildman–Crippen LogP) is 2.59. The number of alkyl halides is 2. The number of fused-ring (bicyclic) bond motifs is 1. The first kappa shape index (κ1) is 19.7. The molecule has 0 spiro atoms. The van der Waals surface area contributed by atoms with Crippen molar-refractivity contribution in [2.45, 2.75) is 17.9 Å². The monoisotopic (exact) mass is 402 g/mol. The quantitative estimate of drug-likeness (QED) is 0.840. The highest BCUT2D eigenvalue weighted by atomic mass is 35.5. The molecular formula is C14H18Cl2F2N2O3S. The molecule has 1 aromatic carbocycles. The van der Waals surface area contributed by atoms with E-state index in [1.54, 1.807) is 0 Å². The van der Waals surface area contributed by atoms with Crippen molar-refractivity contribution in [3.05, 3.63) is 23.2 Å². The number of sulfonamides is 1. The molecule has 0 aromatic heterocycles. The molecule has 2 unspecified atom stereocenters. The maximum atomic E-state index is 12.7. The van der Waals surface area contributed by atoms with Crippen LogP contribution in [0.1, 0.15) is 6.42 Å². The molecule has 2 aliphatic heterocycles. The molecule has 1 aromatic rings. The molecular weight excluding hydrogens is 385 g/mol. The maximum absolute atomic E-state index is 12.7. The molecule has 0 aliphatic carbocycles. The Morgan fingerprint density at radius 2 is 2.00 bits per heavy atom. The Kier molecular flexibility index (Phi) is 6.30. The van der Waals surface area contributed by atoms with E-state index in [1.807, 2.05) is 0 Å². The largest absolute Gasteiger partial charge is 0.433 e. The Balaban J connectivity index is 0.00000208. The lowest BCUT2D eigenvalue weighted by atomic mass is 9.90. The first-order chi connectivity index (χ1) is 10.9. The van der Waals surface area contributed by atoms with Gasteiger partial charge in [-0.05, 0) is 49.5 Å². The molecule has 2 fully saturated rings. The number of ether oxygens (including phenoxy) is 1. The van der Waals surface area contributed by atoms with Crippen LogP contribution in [0.2, 0.25) is 5.02 Å². The fraction of sp³-hybridized carbons (Fsp3) is 0.571. The summed E-state index contributed by atoms with van der Waals surface area (Å²) in [5.41, 5.74) is 0. The summed E-state index contributed by atoms with van der Waals surface area (Å²) in [6.07, 6.45) is 0.817. The fourth-order valence-corrected chi connectivity index (χ4v) is 5.03.